The molecule has 0 saturated carbocycles. The zero-order valence-corrected chi connectivity index (χ0v) is 10.7. The lowest BCUT2D eigenvalue weighted by atomic mass is 10.4. The van der Waals surface area contributed by atoms with Crippen molar-refractivity contribution in [1.82, 2.24) is 15.3 Å². The van der Waals surface area contributed by atoms with E-state index in [1.807, 2.05) is 0 Å². The summed E-state index contributed by atoms with van der Waals surface area (Å²) in [7, 11) is 0. The third-order valence-electron chi connectivity index (χ3n) is 2.22. The van der Waals surface area contributed by atoms with Crippen molar-refractivity contribution < 1.29 is 0 Å². The van der Waals surface area contributed by atoms with Gasteiger partial charge in [0.1, 0.15) is 11.0 Å². The summed E-state index contributed by atoms with van der Waals surface area (Å²) in [6.45, 7) is 8.09. The highest BCUT2D eigenvalue weighted by atomic mass is 35.5. The van der Waals surface area contributed by atoms with Crippen molar-refractivity contribution in [2.45, 2.75) is 20.3 Å². The second kappa shape index (κ2) is 7.41. The highest BCUT2D eigenvalue weighted by Crippen LogP contribution is 2.12. The number of aromatic nitrogens is 2. The Hall–Kier alpha value is -0.870. The van der Waals surface area contributed by atoms with Gasteiger partial charge in [0.15, 0.2) is 0 Å². The van der Waals surface area contributed by atoms with Gasteiger partial charge in [0.2, 0.25) is 0 Å². The smallest absolute Gasteiger partial charge is 0.149 e. The fourth-order valence-electron chi connectivity index (χ4n) is 1.49. The van der Waals surface area contributed by atoms with E-state index in [0.717, 1.165) is 38.4 Å². The quantitative estimate of drug-likeness (QED) is 0.743. The molecule has 0 aromatic carbocycles. The second-order valence-corrected chi connectivity index (χ2v) is 3.93. The van der Waals surface area contributed by atoms with Crippen molar-refractivity contribution >= 4 is 17.4 Å². The SMILES string of the molecule is CCCN(CCNCC)c1cncc(Cl)n1. The zero-order valence-electron chi connectivity index (χ0n) is 9.91. The van der Waals surface area contributed by atoms with Crippen LogP contribution in [0.5, 0.6) is 0 Å². The fraction of sp³-hybridized carbons (Fsp3) is 0.636. The molecule has 1 aromatic rings. The molecule has 0 saturated heterocycles. The fourth-order valence-corrected chi connectivity index (χ4v) is 1.63. The van der Waals surface area contributed by atoms with Crippen LogP contribution in [0.2, 0.25) is 5.15 Å². The minimum Gasteiger partial charge on any atom is -0.354 e. The first-order valence-electron chi connectivity index (χ1n) is 5.71. The molecule has 0 aliphatic rings. The molecule has 0 radical (unpaired) electrons. The predicted molar refractivity (Wildman–Crippen MR) is 68.1 cm³/mol. The van der Waals surface area contributed by atoms with Crippen LogP contribution in [0.15, 0.2) is 12.4 Å². The van der Waals surface area contributed by atoms with Crippen molar-refractivity contribution in [2.75, 3.05) is 31.1 Å². The van der Waals surface area contributed by atoms with E-state index in [2.05, 4.69) is 34.0 Å². The molecule has 0 atom stereocenters. The van der Waals surface area contributed by atoms with Crippen molar-refractivity contribution in [2.24, 2.45) is 0 Å². The van der Waals surface area contributed by atoms with Gasteiger partial charge in [-0.25, -0.2) is 4.98 Å². The summed E-state index contributed by atoms with van der Waals surface area (Å²) in [6, 6.07) is 0. The molecular weight excluding hydrogens is 224 g/mol. The highest BCUT2D eigenvalue weighted by molar-refractivity contribution is 6.29. The molecule has 1 aromatic heterocycles. The molecule has 0 unspecified atom stereocenters. The van der Waals surface area contributed by atoms with Crippen LogP contribution in [0.4, 0.5) is 5.82 Å². The van der Waals surface area contributed by atoms with Gasteiger partial charge in [-0.1, -0.05) is 25.4 Å². The number of hydrogen-bond donors (Lipinski definition) is 1. The van der Waals surface area contributed by atoms with E-state index in [9.17, 15) is 0 Å². The van der Waals surface area contributed by atoms with E-state index in [-0.39, 0.29) is 0 Å². The number of likely N-dealkylation sites (N-methyl/N-ethyl adjacent to an activating group) is 1. The molecule has 0 bridgehead atoms. The van der Waals surface area contributed by atoms with Crippen LogP contribution in [0.3, 0.4) is 0 Å². The van der Waals surface area contributed by atoms with E-state index in [4.69, 9.17) is 11.6 Å². The standard InChI is InChI=1S/C11H19ClN4/c1-3-6-16(7-5-13-4-2)11-9-14-8-10(12)15-11/h8-9,13H,3-7H2,1-2H3. The Kier molecular flexibility index (Phi) is 6.11. The van der Waals surface area contributed by atoms with Crippen LogP contribution in [0.1, 0.15) is 20.3 Å². The molecule has 0 amide bonds. The topological polar surface area (TPSA) is 41.0 Å². The minimum atomic E-state index is 0.446. The first-order chi connectivity index (χ1) is 7.77. The number of hydrogen-bond acceptors (Lipinski definition) is 4. The van der Waals surface area contributed by atoms with E-state index in [1.54, 1.807) is 12.4 Å². The Balaban J connectivity index is 2.61. The summed E-state index contributed by atoms with van der Waals surface area (Å²) in [6.07, 6.45) is 4.40. The van der Waals surface area contributed by atoms with Gasteiger partial charge in [-0.15, -0.1) is 0 Å². The van der Waals surface area contributed by atoms with Crippen LogP contribution >= 0.6 is 11.6 Å². The Labute approximate surface area is 102 Å². The van der Waals surface area contributed by atoms with Gasteiger partial charge in [-0.3, -0.25) is 4.98 Å². The Morgan fingerprint density at radius 1 is 1.31 bits per heavy atom. The van der Waals surface area contributed by atoms with Crippen LogP contribution in [-0.2, 0) is 0 Å². The molecule has 0 fully saturated rings. The molecule has 16 heavy (non-hydrogen) atoms. The van der Waals surface area contributed by atoms with E-state index in [1.165, 1.54) is 0 Å². The van der Waals surface area contributed by atoms with Crippen molar-refractivity contribution in [1.29, 1.82) is 0 Å². The summed E-state index contributed by atoms with van der Waals surface area (Å²) < 4.78 is 0. The van der Waals surface area contributed by atoms with Gasteiger partial charge in [-0.2, -0.15) is 0 Å². The largest absolute Gasteiger partial charge is 0.354 e. The Morgan fingerprint density at radius 2 is 2.12 bits per heavy atom. The maximum absolute atomic E-state index is 5.83. The number of nitrogens with zero attached hydrogens (tertiary/aromatic N) is 3. The maximum Gasteiger partial charge on any atom is 0.149 e. The molecule has 1 rings (SSSR count). The molecule has 0 aliphatic heterocycles. The normalized spacial score (nSPS) is 10.4. The number of rotatable bonds is 7. The Morgan fingerprint density at radius 3 is 2.75 bits per heavy atom. The maximum atomic E-state index is 5.83. The van der Waals surface area contributed by atoms with Crippen LogP contribution < -0.4 is 10.2 Å². The first-order valence-corrected chi connectivity index (χ1v) is 6.09. The molecule has 90 valence electrons. The highest BCUT2D eigenvalue weighted by Gasteiger charge is 2.07. The summed E-state index contributed by atoms with van der Waals surface area (Å²) in [4.78, 5) is 10.5. The van der Waals surface area contributed by atoms with E-state index < -0.39 is 0 Å². The van der Waals surface area contributed by atoms with Crippen LogP contribution in [0.25, 0.3) is 0 Å². The molecule has 5 heteroatoms. The lowest BCUT2D eigenvalue weighted by Gasteiger charge is -2.22. The molecule has 4 nitrogen and oxygen atoms in total. The molecular formula is C11H19ClN4. The third-order valence-corrected chi connectivity index (χ3v) is 2.40. The summed E-state index contributed by atoms with van der Waals surface area (Å²) in [5, 5.41) is 3.75. The molecule has 1 heterocycles. The number of halogens is 1. The molecule has 0 aliphatic carbocycles. The lowest BCUT2D eigenvalue weighted by molar-refractivity contribution is 0.667. The van der Waals surface area contributed by atoms with Gasteiger partial charge in [-0.05, 0) is 13.0 Å². The molecule has 1 N–H and O–H groups in total. The summed E-state index contributed by atoms with van der Waals surface area (Å²) in [5.74, 6) is 0.854. The van der Waals surface area contributed by atoms with Gasteiger partial charge in [0.05, 0.1) is 12.4 Å². The van der Waals surface area contributed by atoms with Gasteiger partial charge in [0, 0.05) is 19.6 Å². The van der Waals surface area contributed by atoms with Crippen LogP contribution in [0, 0.1) is 0 Å². The predicted octanol–water partition coefficient (Wildman–Crippen LogP) is 1.96. The summed E-state index contributed by atoms with van der Waals surface area (Å²) >= 11 is 5.83. The monoisotopic (exact) mass is 242 g/mol. The van der Waals surface area contributed by atoms with Crippen molar-refractivity contribution in [3.8, 4) is 0 Å². The molecule has 0 spiro atoms. The number of anilines is 1. The minimum absolute atomic E-state index is 0.446. The third kappa shape index (κ3) is 4.33. The lowest BCUT2D eigenvalue weighted by Crippen LogP contribution is -2.33. The van der Waals surface area contributed by atoms with Crippen molar-refractivity contribution in [3.05, 3.63) is 17.5 Å². The van der Waals surface area contributed by atoms with Gasteiger partial charge < -0.3 is 10.2 Å². The van der Waals surface area contributed by atoms with Crippen molar-refractivity contribution in [3.63, 3.8) is 0 Å². The van der Waals surface area contributed by atoms with Gasteiger partial charge in [0.25, 0.3) is 0 Å². The summed E-state index contributed by atoms with van der Waals surface area (Å²) in [5.41, 5.74) is 0. The second-order valence-electron chi connectivity index (χ2n) is 3.54. The van der Waals surface area contributed by atoms with Gasteiger partial charge >= 0.3 is 0 Å². The van der Waals surface area contributed by atoms with E-state index in [0.29, 0.717) is 5.15 Å². The number of nitrogens with one attached hydrogen (secondary N) is 1. The van der Waals surface area contributed by atoms with E-state index >= 15 is 0 Å². The average molecular weight is 243 g/mol. The first kappa shape index (κ1) is 13.2. The zero-order chi connectivity index (χ0) is 11.8. The Bertz CT molecular complexity index is 306. The average Bonchev–Trinajstić information content (AvgIpc) is 2.28. The van der Waals surface area contributed by atoms with Crippen LogP contribution in [-0.4, -0.2) is 36.1 Å².